The van der Waals surface area contributed by atoms with E-state index in [0.717, 1.165) is 12.1 Å². The van der Waals surface area contributed by atoms with Crippen LogP contribution in [-0.4, -0.2) is 21.6 Å². The Kier molecular flexibility index (Phi) is 5.81. The topological polar surface area (TPSA) is 81.4 Å². The zero-order valence-corrected chi connectivity index (χ0v) is 14.3. The van der Waals surface area contributed by atoms with Gasteiger partial charge in [-0.15, -0.1) is 0 Å². The van der Waals surface area contributed by atoms with E-state index in [9.17, 15) is 21.6 Å². The van der Waals surface area contributed by atoms with Crippen LogP contribution in [0.2, 0.25) is 5.02 Å². The van der Waals surface area contributed by atoms with Crippen molar-refractivity contribution >= 4 is 27.3 Å². The van der Waals surface area contributed by atoms with Crippen LogP contribution in [0.5, 0.6) is 5.75 Å². The Morgan fingerprint density at radius 2 is 1.88 bits per heavy atom. The van der Waals surface area contributed by atoms with Crippen LogP contribution in [0.3, 0.4) is 0 Å². The first-order valence-corrected chi connectivity index (χ1v) is 8.86. The van der Waals surface area contributed by atoms with Gasteiger partial charge >= 0.3 is 6.18 Å². The number of rotatable bonds is 6. The number of halogens is 4. The van der Waals surface area contributed by atoms with Gasteiger partial charge in [0.15, 0.2) is 0 Å². The Morgan fingerprint density at radius 3 is 2.48 bits per heavy atom. The Labute approximate surface area is 147 Å². The van der Waals surface area contributed by atoms with Crippen molar-refractivity contribution in [3.05, 3.63) is 53.1 Å². The third kappa shape index (κ3) is 5.52. The van der Waals surface area contributed by atoms with E-state index in [0.29, 0.717) is 16.8 Å². The van der Waals surface area contributed by atoms with Crippen molar-refractivity contribution in [1.82, 2.24) is 0 Å². The van der Waals surface area contributed by atoms with Crippen LogP contribution in [0.25, 0.3) is 0 Å². The molecule has 5 nitrogen and oxygen atoms in total. The first-order chi connectivity index (χ1) is 11.6. The highest BCUT2D eigenvalue weighted by molar-refractivity contribution is 7.89. The molecular weight excluding hydrogens is 381 g/mol. The highest BCUT2D eigenvalue weighted by Crippen LogP contribution is 2.36. The third-order valence-corrected chi connectivity index (χ3v) is 4.25. The van der Waals surface area contributed by atoms with Crippen molar-refractivity contribution in [1.29, 1.82) is 0 Å². The second-order valence-corrected chi connectivity index (χ2v) is 6.98. The molecule has 0 saturated heterocycles. The molecular formula is C15H14ClF3N2O3S. The van der Waals surface area contributed by atoms with Gasteiger partial charge in [-0.3, -0.25) is 0 Å². The number of ether oxygens (including phenoxy) is 1. The van der Waals surface area contributed by atoms with Crippen LogP contribution in [0.15, 0.2) is 47.4 Å². The van der Waals surface area contributed by atoms with Gasteiger partial charge < -0.3 is 10.1 Å². The smallest absolute Gasteiger partial charge is 0.418 e. The number of alkyl halides is 3. The summed E-state index contributed by atoms with van der Waals surface area (Å²) in [5.41, 5.74) is -1.39. The fourth-order valence-electron chi connectivity index (χ4n) is 2.00. The predicted octanol–water partition coefficient (Wildman–Crippen LogP) is 3.50. The summed E-state index contributed by atoms with van der Waals surface area (Å²) < 4.78 is 67.2. The molecule has 2 aromatic rings. The van der Waals surface area contributed by atoms with Crippen LogP contribution in [0, 0.1) is 0 Å². The zero-order valence-electron chi connectivity index (χ0n) is 12.7. The van der Waals surface area contributed by atoms with Crippen LogP contribution < -0.4 is 15.2 Å². The van der Waals surface area contributed by atoms with Crippen LogP contribution in [0.1, 0.15) is 5.56 Å². The highest BCUT2D eigenvalue weighted by Gasteiger charge is 2.34. The fraction of sp³-hybridized carbons (Fsp3) is 0.200. The molecule has 0 aliphatic rings. The molecule has 10 heteroatoms. The fourth-order valence-corrected chi connectivity index (χ4v) is 2.72. The molecule has 0 fully saturated rings. The van der Waals surface area contributed by atoms with Crippen molar-refractivity contribution in [3.63, 3.8) is 0 Å². The van der Waals surface area contributed by atoms with E-state index in [4.69, 9.17) is 21.5 Å². The summed E-state index contributed by atoms with van der Waals surface area (Å²) >= 11 is 5.80. The lowest BCUT2D eigenvalue weighted by Crippen LogP contribution is -2.18. The van der Waals surface area contributed by atoms with Gasteiger partial charge in [0, 0.05) is 17.3 Å². The van der Waals surface area contributed by atoms with Gasteiger partial charge in [0.1, 0.15) is 12.4 Å². The molecule has 2 rings (SSSR count). The Balaban J connectivity index is 2.08. The van der Waals surface area contributed by atoms with Crippen LogP contribution >= 0.6 is 11.6 Å². The SMILES string of the molecule is NS(=O)(=O)c1ccc(NCCOc2cccc(Cl)c2)c(C(F)(F)F)c1. The van der Waals surface area contributed by atoms with E-state index in [-0.39, 0.29) is 18.8 Å². The van der Waals surface area contributed by atoms with Gasteiger partial charge in [0.05, 0.1) is 10.5 Å². The maximum atomic E-state index is 13.1. The largest absolute Gasteiger partial charge is 0.492 e. The molecule has 0 aliphatic heterocycles. The van der Waals surface area contributed by atoms with Crippen LogP contribution in [-0.2, 0) is 16.2 Å². The summed E-state index contributed by atoms with van der Waals surface area (Å²) in [5, 5.41) is 7.92. The number of nitrogens with one attached hydrogen (secondary N) is 1. The normalized spacial score (nSPS) is 12.0. The van der Waals surface area contributed by atoms with E-state index in [1.807, 2.05) is 0 Å². The van der Waals surface area contributed by atoms with Crippen molar-refractivity contribution < 1.29 is 26.3 Å². The maximum absolute atomic E-state index is 13.1. The second kappa shape index (κ2) is 7.51. The third-order valence-electron chi connectivity index (χ3n) is 3.11. The lowest BCUT2D eigenvalue weighted by molar-refractivity contribution is -0.137. The van der Waals surface area contributed by atoms with Gasteiger partial charge in [0.25, 0.3) is 0 Å². The number of nitrogens with two attached hydrogens (primary N) is 1. The van der Waals surface area contributed by atoms with Gasteiger partial charge in [-0.2, -0.15) is 13.2 Å². The second-order valence-electron chi connectivity index (χ2n) is 4.98. The summed E-state index contributed by atoms with van der Waals surface area (Å²) in [6.07, 6.45) is -4.74. The molecule has 0 saturated carbocycles. The minimum atomic E-state index is -4.74. The molecule has 3 N–H and O–H groups in total. The van der Waals surface area contributed by atoms with Crippen molar-refractivity contribution in [2.75, 3.05) is 18.5 Å². The maximum Gasteiger partial charge on any atom is 0.418 e. The van der Waals surface area contributed by atoms with E-state index in [1.165, 1.54) is 0 Å². The number of primary sulfonamides is 1. The zero-order chi connectivity index (χ0) is 18.7. The molecule has 0 bridgehead atoms. The van der Waals surface area contributed by atoms with E-state index in [2.05, 4.69) is 5.32 Å². The van der Waals surface area contributed by atoms with Crippen molar-refractivity contribution in [3.8, 4) is 5.75 Å². The molecule has 0 spiro atoms. The van der Waals surface area contributed by atoms with Gasteiger partial charge in [-0.05, 0) is 36.4 Å². The van der Waals surface area contributed by atoms with Crippen molar-refractivity contribution in [2.45, 2.75) is 11.1 Å². The van der Waals surface area contributed by atoms with E-state index < -0.39 is 26.7 Å². The summed E-state index contributed by atoms with van der Waals surface area (Å²) in [4.78, 5) is -0.611. The number of hydrogen-bond donors (Lipinski definition) is 2. The molecule has 0 atom stereocenters. The molecule has 136 valence electrons. The number of sulfonamides is 1. The lowest BCUT2D eigenvalue weighted by atomic mass is 10.1. The number of hydrogen-bond acceptors (Lipinski definition) is 4. The lowest BCUT2D eigenvalue weighted by Gasteiger charge is -2.16. The molecule has 0 aliphatic carbocycles. The first-order valence-electron chi connectivity index (χ1n) is 6.93. The summed E-state index contributed by atoms with van der Waals surface area (Å²) in [7, 11) is -4.23. The highest BCUT2D eigenvalue weighted by atomic mass is 35.5. The molecule has 0 unspecified atom stereocenters. The number of anilines is 1. The molecule has 0 aromatic heterocycles. The van der Waals surface area contributed by atoms with E-state index >= 15 is 0 Å². The Bertz CT molecular complexity index is 857. The summed E-state index contributed by atoms with van der Waals surface area (Å²) in [6, 6.07) is 9.09. The summed E-state index contributed by atoms with van der Waals surface area (Å²) in [6.45, 7) is 0.138. The van der Waals surface area contributed by atoms with E-state index in [1.54, 1.807) is 24.3 Å². The van der Waals surface area contributed by atoms with Gasteiger partial charge in [-0.1, -0.05) is 17.7 Å². The monoisotopic (exact) mass is 394 g/mol. The molecule has 0 heterocycles. The molecule has 25 heavy (non-hydrogen) atoms. The standard InChI is InChI=1S/C15H14ClF3N2O3S/c16-10-2-1-3-11(8-10)24-7-6-21-14-5-4-12(25(20,22)23)9-13(14)15(17,18)19/h1-5,8-9,21H,6-7H2,(H2,20,22,23). The average molecular weight is 395 g/mol. The predicted molar refractivity (Wildman–Crippen MR) is 88.3 cm³/mol. The molecule has 0 amide bonds. The first kappa shape index (κ1) is 19.4. The van der Waals surface area contributed by atoms with Crippen LogP contribution in [0.4, 0.5) is 18.9 Å². The minimum absolute atomic E-state index is 0.0598. The van der Waals surface area contributed by atoms with Gasteiger partial charge in [-0.25, -0.2) is 13.6 Å². The van der Waals surface area contributed by atoms with Crippen molar-refractivity contribution in [2.24, 2.45) is 5.14 Å². The average Bonchev–Trinajstić information content (AvgIpc) is 2.50. The Morgan fingerprint density at radius 1 is 1.16 bits per heavy atom. The minimum Gasteiger partial charge on any atom is -0.492 e. The Hall–Kier alpha value is -1.97. The number of benzene rings is 2. The summed E-state index contributed by atoms with van der Waals surface area (Å²) in [5.74, 6) is 0.481. The quantitative estimate of drug-likeness (QED) is 0.735. The van der Waals surface area contributed by atoms with Gasteiger partial charge in [0.2, 0.25) is 10.0 Å². The molecule has 2 aromatic carbocycles. The molecule has 0 radical (unpaired) electrons.